The van der Waals surface area contributed by atoms with E-state index in [1.54, 1.807) is 48.5 Å². The molecule has 0 radical (unpaired) electrons. The van der Waals surface area contributed by atoms with E-state index in [0.717, 1.165) is 12.8 Å². The van der Waals surface area contributed by atoms with Crippen LogP contribution in [0.1, 0.15) is 74.1 Å². The first-order valence-electron chi connectivity index (χ1n) is 11.6. The summed E-state index contributed by atoms with van der Waals surface area (Å²) in [5, 5.41) is 11.2. The van der Waals surface area contributed by atoms with E-state index in [9.17, 15) is 19.2 Å². The van der Waals surface area contributed by atoms with Crippen LogP contribution in [0.15, 0.2) is 48.5 Å². The fraction of sp³-hybridized carbons (Fsp3) is 0.385. The normalized spacial score (nSPS) is 12.2. The van der Waals surface area contributed by atoms with Gasteiger partial charge in [0.05, 0.1) is 0 Å². The van der Waals surface area contributed by atoms with Crippen molar-refractivity contribution in [3.63, 3.8) is 0 Å². The molecule has 0 aliphatic heterocycles. The van der Waals surface area contributed by atoms with Gasteiger partial charge in [0.2, 0.25) is 11.8 Å². The fourth-order valence-electron chi connectivity index (χ4n) is 2.90. The van der Waals surface area contributed by atoms with E-state index in [-0.39, 0.29) is 48.6 Å². The molecular weight excluding hydrogens is 432 g/mol. The van der Waals surface area contributed by atoms with Crippen molar-refractivity contribution in [3.8, 4) is 0 Å². The van der Waals surface area contributed by atoms with E-state index in [0.29, 0.717) is 22.5 Å². The van der Waals surface area contributed by atoms with Crippen molar-refractivity contribution in [2.24, 2.45) is 0 Å². The summed E-state index contributed by atoms with van der Waals surface area (Å²) in [4.78, 5) is 48.6. The molecule has 0 heterocycles. The standard InChI is InChI=1S/C26H34N4O4/c1-5-17(3)27-25(33)19-7-11-21(12-8-19)29-23(31)15-16-24(32)30-22-13-9-20(10-14-22)26(34)28-18(4)6-2/h7-14,17-18H,5-6,15-16H2,1-4H3,(H,27,33)(H,28,34)(H,29,31)(H,30,32). The molecule has 2 unspecified atom stereocenters. The van der Waals surface area contributed by atoms with Crippen LogP contribution in [-0.4, -0.2) is 35.7 Å². The van der Waals surface area contributed by atoms with Gasteiger partial charge >= 0.3 is 0 Å². The number of hydrogen-bond acceptors (Lipinski definition) is 4. The Morgan fingerprint density at radius 2 is 0.941 bits per heavy atom. The van der Waals surface area contributed by atoms with Crippen LogP contribution in [0.4, 0.5) is 11.4 Å². The summed E-state index contributed by atoms with van der Waals surface area (Å²) >= 11 is 0. The van der Waals surface area contributed by atoms with E-state index in [1.807, 2.05) is 27.7 Å². The van der Waals surface area contributed by atoms with Crippen molar-refractivity contribution in [2.75, 3.05) is 10.6 Å². The second-order valence-corrected chi connectivity index (χ2v) is 8.32. The van der Waals surface area contributed by atoms with Gasteiger partial charge in [-0.2, -0.15) is 0 Å². The SMILES string of the molecule is CCC(C)NC(=O)c1ccc(NC(=O)CCC(=O)Nc2ccc(C(=O)NC(C)CC)cc2)cc1. The van der Waals surface area contributed by atoms with Crippen LogP contribution < -0.4 is 21.3 Å². The molecule has 8 heteroatoms. The zero-order chi connectivity index (χ0) is 25.1. The van der Waals surface area contributed by atoms with E-state index in [2.05, 4.69) is 21.3 Å². The van der Waals surface area contributed by atoms with Crippen molar-refractivity contribution < 1.29 is 19.2 Å². The van der Waals surface area contributed by atoms with Gasteiger partial charge in [-0.3, -0.25) is 19.2 Å². The number of nitrogens with one attached hydrogen (secondary N) is 4. The highest BCUT2D eigenvalue weighted by Crippen LogP contribution is 2.13. The monoisotopic (exact) mass is 466 g/mol. The topological polar surface area (TPSA) is 116 Å². The lowest BCUT2D eigenvalue weighted by Gasteiger charge is -2.12. The van der Waals surface area contributed by atoms with Crippen molar-refractivity contribution in [1.82, 2.24) is 10.6 Å². The summed E-state index contributed by atoms with van der Waals surface area (Å²) in [6.45, 7) is 7.86. The molecule has 2 aromatic rings. The van der Waals surface area contributed by atoms with Gasteiger partial charge in [0.25, 0.3) is 11.8 Å². The minimum absolute atomic E-state index is 0.0114. The minimum Gasteiger partial charge on any atom is -0.350 e. The summed E-state index contributed by atoms with van der Waals surface area (Å²) in [7, 11) is 0. The Hall–Kier alpha value is -3.68. The highest BCUT2D eigenvalue weighted by molar-refractivity contribution is 5.98. The first-order chi connectivity index (χ1) is 16.2. The Morgan fingerprint density at radius 1 is 0.618 bits per heavy atom. The third-order valence-electron chi connectivity index (χ3n) is 5.42. The number of benzene rings is 2. The number of amides is 4. The maximum absolute atomic E-state index is 12.2. The van der Waals surface area contributed by atoms with Crippen molar-refractivity contribution in [1.29, 1.82) is 0 Å². The third-order valence-corrected chi connectivity index (χ3v) is 5.42. The largest absolute Gasteiger partial charge is 0.350 e. The number of carbonyl (C=O) groups is 4. The first kappa shape index (κ1) is 26.6. The number of carbonyl (C=O) groups excluding carboxylic acids is 4. The van der Waals surface area contributed by atoms with Gasteiger partial charge in [-0.25, -0.2) is 0 Å². The lowest BCUT2D eigenvalue weighted by Crippen LogP contribution is -2.31. The molecule has 2 aromatic carbocycles. The van der Waals surface area contributed by atoms with Crippen LogP contribution in [0.5, 0.6) is 0 Å². The molecule has 2 rings (SSSR count). The molecule has 4 amide bonds. The number of anilines is 2. The zero-order valence-corrected chi connectivity index (χ0v) is 20.2. The minimum atomic E-state index is -0.302. The summed E-state index contributed by atoms with van der Waals surface area (Å²) in [6.07, 6.45) is 1.71. The second-order valence-electron chi connectivity index (χ2n) is 8.32. The zero-order valence-electron chi connectivity index (χ0n) is 20.2. The molecule has 0 saturated carbocycles. The maximum atomic E-state index is 12.2. The summed E-state index contributed by atoms with van der Waals surface area (Å²) in [5.41, 5.74) is 2.13. The van der Waals surface area contributed by atoms with Crippen LogP contribution in [0.3, 0.4) is 0 Å². The van der Waals surface area contributed by atoms with Crippen LogP contribution in [0.2, 0.25) is 0 Å². The van der Waals surface area contributed by atoms with E-state index in [1.165, 1.54) is 0 Å². The van der Waals surface area contributed by atoms with Gasteiger partial charge < -0.3 is 21.3 Å². The molecule has 2 atom stereocenters. The predicted molar refractivity (Wildman–Crippen MR) is 134 cm³/mol. The summed E-state index contributed by atoms with van der Waals surface area (Å²) in [5.74, 6) is -0.922. The molecule has 0 aromatic heterocycles. The smallest absolute Gasteiger partial charge is 0.251 e. The van der Waals surface area contributed by atoms with E-state index in [4.69, 9.17) is 0 Å². The Balaban J connectivity index is 1.78. The summed E-state index contributed by atoms with van der Waals surface area (Å²) < 4.78 is 0. The maximum Gasteiger partial charge on any atom is 0.251 e. The van der Waals surface area contributed by atoms with Crippen LogP contribution in [-0.2, 0) is 9.59 Å². The molecule has 0 aliphatic carbocycles. The molecule has 0 aliphatic rings. The second kappa shape index (κ2) is 13.1. The lowest BCUT2D eigenvalue weighted by molar-refractivity contribution is -0.121. The highest BCUT2D eigenvalue weighted by atomic mass is 16.2. The van der Waals surface area contributed by atoms with Gasteiger partial charge in [0.1, 0.15) is 0 Å². The molecule has 0 spiro atoms. The first-order valence-corrected chi connectivity index (χ1v) is 11.6. The van der Waals surface area contributed by atoms with Crippen LogP contribution in [0, 0.1) is 0 Å². The molecule has 0 bridgehead atoms. The van der Waals surface area contributed by atoms with Gasteiger partial charge in [0.15, 0.2) is 0 Å². The van der Waals surface area contributed by atoms with Crippen LogP contribution >= 0.6 is 0 Å². The molecule has 182 valence electrons. The quantitative estimate of drug-likeness (QED) is 0.399. The van der Waals surface area contributed by atoms with Gasteiger partial charge in [-0.05, 0) is 75.2 Å². The molecule has 4 N–H and O–H groups in total. The Bertz CT molecular complexity index is 905. The Morgan fingerprint density at radius 3 is 1.24 bits per heavy atom. The Kier molecular flexibility index (Phi) is 10.3. The lowest BCUT2D eigenvalue weighted by atomic mass is 10.1. The number of rotatable bonds is 11. The van der Waals surface area contributed by atoms with E-state index >= 15 is 0 Å². The average molecular weight is 467 g/mol. The average Bonchev–Trinajstić information content (AvgIpc) is 2.83. The predicted octanol–water partition coefficient (Wildman–Crippen LogP) is 4.10. The van der Waals surface area contributed by atoms with Gasteiger partial charge in [-0.1, -0.05) is 13.8 Å². The van der Waals surface area contributed by atoms with Crippen molar-refractivity contribution >= 4 is 35.0 Å². The Labute approximate surface area is 200 Å². The molecule has 34 heavy (non-hydrogen) atoms. The van der Waals surface area contributed by atoms with Crippen molar-refractivity contribution in [2.45, 2.75) is 65.5 Å². The van der Waals surface area contributed by atoms with Crippen LogP contribution in [0.25, 0.3) is 0 Å². The van der Waals surface area contributed by atoms with Crippen molar-refractivity contribution in [3.05, 3.63) is 59.7 Å². The third kappa shape index (κ3) is 8.69. The molecule has 8 nitrogen and oxygen atoms in total. The molecule has 0 saturated heterocycles. The molecular formula is C26H34N4O4. The molecule has 0 fully saturated rings. The number of hydrogen-bond donors (Lipinski definition) is 4. The fourth-order valence-corrected chi connectivity index (χ4v) is 2.90. The highest BCUT2D eigenvalue weighted by Gasteiger charge is 2.12. The van der Waals surface area contributed by atoms with Gasteiger partial charge in [-0.15, -0.1) is 0 Å². The summed E-state index contributed by atoms with van der Waals surface area (Å²) in [6, 6.07) is 13.4. The van der Waals surface area contributed by atoms with E-state index < -0.39 is 0 Å². The van der Waals surface area contributed by atoms with Gasteiger partial charge in [0, 0.05) is 47.4 Å².